The number of nitrogens with one attached hydrogen (secondary N) is 1. The van der Waals surface area contributed by atoms with Gasteiger partial charge in [-0.25, -0.2) is 13.6 Å². The minimum atomic E-state index is -1.17. The van der Waals surface area contributed by atoms with Crippen LogP contribution in [0, 0.1) is 11.6 Å². The molecular formula is C13H17F2NO3. The predicted molar refractivity (Wildman–Crippen MR) is 66.0 cm³/mol. The van der Waals surface area contributed by atoms with Gasteiger partial charge in [-0.2, -0.15) is 0 Å². The van der Waals surface area contributed by atoms with Crippen molar-refractivity contribution in [2.75, 3.05) is 20.3 Å². The Morgan fingerprint density at radius 2 is 1.95 bits per heavy atom. The molecule has 0 saturated heterocycles. The Morgan fingerprint density at radius 3 is 2.42 bits per heavy atom. The number of carbonyl (C=O) groups is 1. The molecule has 19 heavy (non-hydrogen) atoms. The molecule has 0 saturated carbocycles. The summed E-state index contributed by atoms with van der Waals surface area (Å²) in [6.07, 6.45) is 0. The van der Waals surface area contributed by atoms with Gasteiger partial charge in [-0.1, -0.05) is 13.0 Å². The third-order valence-corrected chi connectivity index (χ3v) is 2.63. The average Bonchev–Trinajstić information content (AvgIpc) is 2.37. The van der Waals surface area contributed by atoms with Gasteiger partial charge in [0.15, 0.2) is 17.4 Å². The van der Waals surface area contributed by atoms with E-state index in [9.17, 15) is 13.6 Å². The van der Waals surface area contributed by atoms with Gasteiger partial charge in [0.2, 0.25) is 0 Å². The highest BCUT2D eigenvalue weighted by atomic mass is 19.1. The number of hydrogen-bond donors (Lipinski definition) is 1. The van der Waals surface area contributed by atoms with Crippen LogP contribution in [0.25, 0.3) is 0 Å². The Morgan fingerprint density at radius 1 is 1.37 bits per heavy atom. The minimum absolute atomic E-state index is 0.245. The van der Waals surface area contributed by atoms with E-state index in [0.29, 0.717) is 6.54 Å². The molecule has 1 atom stereocenters. The molecule has 0 fully saturated rings. The standard InChI is InChI=1S/C13H17F2NO3/c1-4-16-13(2,12(17)18-3)8-19-11-9(14)6-5-7-10(11)15/h5-7,16H,4,8H2,1-3H3. The summed E-state index contributed by atoms with van der Waals surface area (Å²) < 4.78 is 36.5. The van der Waals surface area contributed by atoms with Crippen LogP contribution in [0.2, 0.25) is 0 Å². The summed E-state index contributed by atoms with van der Waals surface area (Å²) in [5.41, 5.74) is -1.17. The van der Waals surface area contributed by atoms with Crippen molar-refractivity contribution in [2.45, 2.75) is 19.4 Å². The Bertz CT molecular complexity index is 433. The Hall–Kier alpha value is -1.69. The van der Waals surface area contributed by atoms with E-state index < -0.39 is 28.9 Å². The number of esters is 1. The molecule has 0 radical (unpaired) electrons. The molecule has 1 aromatic carbocycles. The predicted octanol–water partition coefficient (Wildman–Crippen LogP) is 1.88. The van der Waals surface area contributed by atoms with Crippen LogP contribution in [0.1, 0.15) is 13.8 Å². The summed E-state index contributed by atoms with van der Waals surface area (Å²) in [6.45, 7) is 3.58. The zero-order valence-electron chi connectivity index (χ0n) is 11.1. The molecule has 1 unspecified atom stereocenters. The molecule has 106 valence electrons. The summed E-state index contributed by atoms with van der Waals surface area (Å²) in [5, 5.41) is 2.87. The Labute approximate surface area is 110 Å². The summed E-state index contributed by atoms with van der Waals surface area (Å²) >= 11 is 0. The van der Waals surface area contributed by atoms with Gasteiger partial charge >= 0.3 is 5.97 Å². The minimum Gasteiger partial charge on any atom is -0.485 e. The third kappa shape index (κ3) is 3.64. The highest BCUT2D eigenvalue weighted by Crippen LogP contribution is 2.22. The van der Waals surface area contributed by atoms with Crippen molar-refractivity contribution in [3.63, 3.8) is 0 Å². The normalized spacial score (nSPS) is 13.7. The summed E-state index contributed by atoms with van der Waals surface area (Å²) in [5.74, 6) is -2.70. The van der Waals surface area contributed by atoms with Crippen molar-refractivity contribution < 1.29 is 23.0 Å². The molecule has 1 N–H and O–H groups in total. The fourth-order valence-corrected chi connectivity index (χ4v) is 1.63. The van der Waals surface area contributed by atoms with E-state index in [1.165, 1.54) is 13.2 Å². The van der Waals surface area contributed by atoms with Gasteiger partial charge in [0.1, 0.15) is 12.1 Å². The quantitative estimate of drug-likeness (QED) is 0.804. The van der Waals surface area contributed by atoms with Crippen molar-refractivity contribution in [3.05, 3.63) is 29.8 Å². The van der Waals surface area contributed by atoms with Crippen molar-refractivity contribution in [2.24, 2.45) is 0 Å². The number of likely N-dealkylation sites (N-methyl/N-ethyl adjacent to an activating group) is 1. The monoisotopic (exact) mass is 273 g/mol. The first-order valence-corrected chi connectivity index (χ1v) is 5.85. The number of para-hydroxylation sites is 1. The second-order valence-electron chi connectivity index (χ2n) is 4.19. The van der Waals surface area contributed by atoms with Crippen molar-refractivity contribution >= 4 is 5.97 Å². The smallest absolute Gasteiger partial charge is 0.329 e. The highest BCUT2D eigenvalue weighted by molar-refractivity contribution is 5.80. The molecule has 0 spiro atoms. The maximum atomic E-state index is 13.4. The van der Waals surface area contributed by atoms with Crippen LogP contribution in [0.4, 0.5) is 8.78 Å². The zero-order valence-corrected chi connectivity index (χ0v) is 11.1. The third-order valence-electron chi connectivity index (χ3n) is 2.63. The van der Waals surface area contributed by atoms with Gasteiger partial charge in [-0.05, 0) is 25.6 Å². The van der Waals surface area contributed by atoms with Gasteiger partial charge in [0, 0.05) is 0 Å². The van der Waals surface area contributed by atoms with Gasteiger partial charge in [0.25, 0.3) is 0 Å². The molecule has 0 aliphatic rings. The van der Waals surface area contributed by atoms with Crippen molar-refractivity contribution in [1.82, 2.24) is 5.32 Å². The molecule has 1 rings (SSSR count). The van der Waals surface area contributed by atoms with E-state index in [0.717, 1.165) is 12.1 Å². The SMILES string of the molecule is CCNC(C)(COc1c(F)cccc1F)C(=O)OC. The fourth-order valence-electron chi connectivity index (χ4n) is 1.63. The molecule has 1 aromatic rings. The summed E-state index contributed by atoms with van der Waals surface area (Å²) in [4.78, 5) is 11.7. The van der Waals surface area contributed by atoms with E-state index in [2.05, 4.69) is 10.1 Å². The van der Waals surface area contributed by atoms with E-state index >= 15 is 0 Å². The highest BCUT2D eigenvalue weighted by Gasteiger charge is 2.35. The van der Waals surface area contributed by atoms with Crippen LogP contribution in [0.5, 0.6) is 5.75 Å². The molecule has 0 aromatic heterocycles. The fraction of sp³-hybridized carbons (Fsp3) is 0.462. The second-order valence-corrected chi connectivity index (χ2v) is 4.19. The molecular weight excluding hydrogens is 256 g/mol. The number of halogens is 2. The summed E-state index contributed by atoms with van der Waals surface area (Å²) in [7, 11) is 1.24. The molecule has 0 aliphatic heterocycles. The number of carbonyl (C=O) groups excluding carboxylic acids is 1. The number of methoxy groups -OCH3 is 1. The average molecular weight is 273 g/mol. The van der Waals surface area contributed by atoms with Crippen molar-refractivity contribution in [1.29, 1.82) is 0 Å². The first-order valence-electron chi connectivity index (χ1n) is 5.85. The number of ether oxygens (including phenoxy) is 2. The van der Waals surface area contributed by atoms with Crippen LogP contribution < -0.4 is 10.1 Å². The number of benzene rings is 1. The Kier molecular flexibility index (Phi) is 5.23. The van der Waals surface area contributed by atoms with Gasteiger partial charge in [0.05, 0.1) is 7.11 Å². The lowest BCUT2D eigenvalue weighted by Gasteiger charge is -2.27. The van der Waals surface area contributed by atoms with Crippen LogP contribution >= 0.6 is 0 Å². The lowest BCUT2D eigenvalue weighted by molar-refractivity contribution is -0.149. The molecule has 0 amide bonds. The van der Waals surface area contributed by atoms with Crippen molar-refractivity contribution in [3.8, 4) is 5.75 Å². The topological polar surface area (TPSA) is 47.6 Å². The first-order chi connectivity index (χ1) is 8.94. The van der Waals surface area contributed by atoms with Gasteiger partial charge in [-0.15, -0.1) is 0 Å². The molecule has 0 heterocycles. The van der Waals surface area contributed by atoms with Crippen LogP contribution in [-0.4, -0.2) is 31.8 Å². The number of hydrogen-bond acceptors (Lipinski definition) is 4. The van der Waals surface area contributed by atoms with E-state index in [4.69, 9.17) is 4.74 Å². The lowest BCUT2D eigenvalue weighted by Crippen LogP contribution is -2.54. The summed E-state index contributed by atoms with van der Waals surface area (Å²) in [6, 6.07) is 3.41. The number of rotatable bonds is 6. The van der Waals surface area contributed by atoms with Crippen LogP contribution in [-0.2, 0) is 9.53 Å². The van der Waals surface area contributed by atoms with E-state index in [1.807, 2.05) is 0 Å². The van der Waals surface area contributed by atoms with Gasteiger partial charge < -0.3 is 9.47 Å². The largest absolute Gasteiger partial charge is 0.485 e. The maximum Gasteiger partial charge on any atom is 0.329 e. The molecule has 0 bridgehead atoms. The van der Waals surface area contributed by atoms with Crippen LogP contribution in [0.15, 0.2) is 18.2 Å². The first kappa shape index (κ1) is 15.4. The molecule has 6 heteroatoms. The zero-order chi connectivity index (χ0) is 14.5. The van der Waals surface area contributed by atoms with E-state index in [-0.39, 0.29) is 6.61 Å². The lowest BCUT2D eigenvalue weighted by atomic mass is 10.0. The molecule has 0 aliphatic carbocycles. The van der Waals surface area contributed by atoms with Gasteiger partial charge in [-0.3, -0.25) is 5.32 Å². The molecule has 4 nitrogen and oxygen atoms in total. The maximum absolute atomic E-state index is 13.4. The van der Waals surface area contributed by atoms with Crippen LogP contribution in [0.3, 0.4) is 0 Å². The van der Waals surface area contributed by atoms with E-state index in [1.54, 1.807) is 13.8 Å². The second kappa shape index (κ2) is 6.47. The Balaban J connectivity index is 2.85.